The molecule has 3 aromatic carbocycles. The van der Waals surface area contributed by atoms with Gasteiger partial charge < -0.3 is 14.8 Å². The minimum atomic E-state index is -4.66. The van der Waals surface area contributed by atoms with Gasteiger partial charge in [0.2, 0.25) is 0 Å². The molecular formula is C28H26F3NO4. The van der Waals surface area contributed by atoms with Gasteiger partial charge in [0.25, 0.3) is 5.91 Å². The predicted molar refractivity (Wildman–Crippen MR) is 128 cm³/mol. The van der Waals surface area contributed by atoms with E-state index in [0.29, 0.717) is 6.42 Å². The molecule has 188 valence electrons. The second kappa shape index (κ2) is 10.0. The molecule has 5 nitrogen and oxygen atoms in total. The molecular weight excluding hydrogens is 471 g/mol. The zero-order valence-electron chi connectivity index (χ0n) is 19.9. The maximum atomic E-state index is 13.6. The first-order chi connectivity index (χ1) is 17.1. The molecule has 1 amide bonds. The van der Waals surface area contributed by atoms with Gasteiger partial charge in [-0.15, -0.1) is 0 Å². The van der Waals surface area contributed by atoms with Crippen LogP contribution >= 0.6 is 0 Å². The van der Waals surface area contributed by atoms with Crippen LogP contribution in [-0.4, -0.2) is 31.1 Å². The van der Waals surface area contributed by atoms with Gasteiger partial charge in [0, 0.05) is 24.8 Å². The molecule has 0 fully saturated rings. The number of alkyl halides is 3. The molecule has 0 atom stereocenters. The summed E-state index contributed by atoms with van der Waals surface area (Å²) in [6, 6.07) is 18.0. The van der Waals surface area contributed by atoms with Crippen LogP contribution in [0.3, 0.4) is 0 Å². The number of carbonyl (C=O) groups excluding carboxylic acids is 2. The highest BCUT2D eigenvalue weighted by Crippen LogP contribution is 2.37. The lowest BCUT2D eigenvalue weighted by molar-refractivity contribution is -0.147. The number of aryl methyl sites for hydroxylation is 1. The third-order valence-electron chi connectivity index (χ3n) is 6.31. The van der Waals surface area contributed by atoms with E-state index >= 15 is 0 Å². The van der Waals surface area contributed by atoms with Crippen molar-refractivity contribution in [2.24, 2.45) is 0 Å². The first-order valence-electron chi connectivity index (χ1n) is 11.5. The molecule has 4 rings (SSSR count). The van der Waals surface area contributed by atoms with Crippen LogP contribution in [0.4, 0.5) is 13.2 Å². The number of carbonyl (C=O) groups is 2. The number of ether oxygens (including phenoxy) is 2. The average molecular weight is 498 g/mol. The lowest BCUT2D eigenvalue weighted by atomic mass is 9.95. The minimum absolute atomic E-state index is 0.000979. The van der Waals surface area contributed by atoms with E-state index in [1.807, 2.05) is 55.5 Å². The van der Waals surface area contributed by atoms with E-state index < -0.39 is 34.9 Å². The first kappa shape index (κ1) is 25.3. The van der Waals surface area contributed by atoms with Crippen LogP contribution in [0.15, 0.2) is 66.7 Å². The van der Waals surface area contributed by atoms with Crippen LogP contribution < -0.4 is 10.1 Å². The number of nitrogens with one attached hydrogen (secondary N) is 1. The Morgan fingerprint density at radius 3 is 2.28 bits per heavy atom. The number of methoxy groups -OCH3 is 1. The normalized spacial score (nSPS) is 14.1. The van der Waals surface area contributed by atoms with Crippen LogP contribution in [0.1, 0.15) is 38.2 Å². The summed E-state index contributed by atoms with van der Waals surface area (Å²) < 4.78 is 51.4. The van der Waals surface area contributed by atoms with E-state index in [2.05, 4.69) is 5.32 Å². The van der Waals surface area contributed by atoms with Crippen molar-refractivity contribution in [3.05, 3.63) is 100 Å². The summed E-state index contributed by atoms with van der Waals surface area (Å²) in [5.41, 5.74) is 1.40. The summed E-state index contributed by atoms with van der Waals surface area (Å²) in [4.78, 5) is 25.9. The van der Waals surface area contributed by atoms with Crippen LogP contribution in [0, 0.1) is 6.92 Å². The second-order valence-electron chi connectivity index (χ2n) is 8.95. The fourth-order valence-corrected chi connectivity index (χ4v) is 4.55. The van der Waals surface area contributed by atoms with Gasteiger partial charge in [0.1, 0.15) is 11.3 Å². The van der Waals surface area contributed by atoms with Crippen LogP contribution in [-0.2, 0) is 35.0 Å². The third-order valence-corrected chi connectivity index (χ3v) is 6.31. The Morgan fingerprint density at radius 2 is 1.67 bits per heavy atom. The molecule has 0 heterocycles. The van der Waals surface area contributed by atoms with Gasteiger partial charge in [-0.2, -0.15) is 13.2 Å². The standard InChI is InChI=1S/C28H26F3NO4/c1-18-6-5-7-19(14-18)12-13-36-24-15-20(10-11-23(24)28(29,30)31)25(33)32-27(26(34)35-2)16-21-8-3-4-9-22(21)17-27/h3-11,14-15H,12-13,16-17H2,1-2H3,(H,32,33). The maximum absolute atomic E-state index is 13.6. The molecule has 1 N–H and O–H groups in total. The van der Waals surface area contributed by atoms with Crippen LogP contribution in [0.25, 0.3) is 0 Å². The van der Waals surface area contributed by atoms with Crippen molar-refractivity contribution in [2.45, 2.75) is 37.9 Å². The zero-order chi connectivity index (χ0) is 25.9. The molecule has 3 aromatic rings. The van der Waals surface area contributed by atoms with Crippen molar-refractivity contribution >= 4 is 11.9 Å². The molecule has 0 aromatic heterocycles. The van der Waals surface area contributed by atoms with E-state index in [-0.39, 0.29) is 25.0 Å². The number of amides is 1. The molecule has 0 saturated carbocycles. The van der Waals surface area contributed by atoms with Crippen molar-refractivity contribution < 1.29 is 32.2 Å². The van der Waals surface area contributed by atoms with Crippen LogP contribution in [0.5, 0.6) is 5.75 Å². The van der Waals surface area contributed by atoms with Crippen molar-refractivity contribution in [1.82, 2.24) is 5.32 Å². The van der Waals surface area contributed by atoms with Gasteiger partial charge in [0.05, 0.1) is 19.3 Å². The fourth-order valence-electron chi connectivity index (χ4n) is 4.55. The molecule has 0 unspecified atom stereocenters. The topological polar surface area (TPSA) is 64.6 Å². The lowest BCUT2D eigenvalue weighted by Gasteiger charge is -2.27. The van der Waals surface area contributed by atoms with Crippen molar-refractivity contribution in [1.29, 1.82) is 0 Å². The van der Waals surface area contributed by atoms with Gasteiger partial charge in [-0.05, 0) is 41.8 Å². The average Bonchev–Trinajstić information content (AvgIpc) is 3.22. The summed E-state index contributed by atoms with van der Waals surface area (Å²) >= 11 is 0. The van der Waals surface area contributed by atoms with E-state index in [1.165, 1.54) is 7.11 Å². The Labute approximate surface area is 207 Å². The van der Waals surface area contributed by atoms with Gasteiger partial charge in [0.15, 0.2) is 0 Å². The molecule has 0 bridgehead atoms. The summed E-state index contributed by atoms with van der Waals surface area (Å²) in [6.45, 7) is 1.93. The summed E-state index contributed by atoms with van der Waals surface area (Å²) in [6.07, 6.45) is -3.81. The molecule has 0 aliphatic heterocycles. The van der Waals surface area contributed by atoms with Crippen molar-refractivity contribution in [3.8, 4) is 5.75 Å². The zero-order valence-corrected chi connectivity index (χ0v) is 19.9. The van der Waals surface area contributed by atoms with Gasteiger partial charge in [-0.25, -0.2) is 4.79 Å². The SMILES string of the molecule is COC(=O)C1(NC(=O)c2ccc(C(F)(F)F)c(OCCc3cccc(C)c3)c2)Cc2ccccc2C1. The smallest absolute Gasteiger partial charge is 0.419 e. The summed E-state index contributed by atoms with van der Waals surface area (Å²) in [5, 5.41) is 2.73. The number of benzene rings is 3. The number of esters is 1. The van der Waals surface area contributed by atoms with E-state index in [4.69, 9.17) is 9.47 Å². The highest BCUT2D eigenvalue weighted by atomic mass is 19.4. The second-order valence-corrected chi connectivity index (χ2v) is 8.95. The number of hydrogen-bond acceptors (Lipinski definition) is 4. The number of hydrogen-bond donors (Lipinski definition) is 1. The third kappa shape index (κ3) is 5.37. The summed E-state index contributed by atoms with van der Waals surface area (Å²) in [5.74, 6) is -1.75. The van der Waals surface area contributed by atoms with Gasteiger partial charge in [-0.1, -0.05) is 54.1 Å². The summed E-state index contributed by atoms with van der Waals surface area (Å²) in [7, 11) is 1.23. The molecule has 1 aliphatic rings. The van der Waals surface area contributed by atoms with Gasteiger partial charge in [-0.3, -0.25) is 4.79 Å². The molecule has 0 spiro atoms. The Hall–Kier alpha value is -3.81. The minimum Gasteiger partial charge on any atom is -0.493 e. The van der Waals surface area contributed by atoms with Crippen molar-refractivity contribution in [3.63, 3.8) is 0 Å². The Morgan fingerprint density at radius 1 is 0.972 bits per heavy atom. The highest BCUT2D eigenvalue weighted by molar-refractivity contribution is 5.99. The molecule has 0 radical (unpaired) electrons. The largest absolute Gasteiger partial charge is 0.493 e. The molecule has 0 saturated heterocycles. The Balaban J connectivity index is 1.56. The van der Waals surface area contributed by atoms with Crippen molar-refractivity contribution in [2.75, 3.05) is 13.7 Å². The lowest BCUT2D eigenvalue weighted by Crippen LogP contribution is -2.56. The van der Waals surface area contributed by atoms with E-state index in [1.54, 1.807) is 0 Å². The Bertz CT molecular complexity index is 1260. The molecule has 8 heteroatoms. The van der Waals surface area contributed by atoms with Crippen LogP contribution in [0.2, 0.25) is 0 Å². The van der Waals surface area contributed by atoms with E-state index in [0.717, 1.165) is 40.5 Å². The molecule has 1 aliphatic carbocycles. The first-order valence-corrected chi connectivity index (χ1v) is 11.5. The molecule has 36 heavy (non-hydrogen) atoms. The number of rotatable bonds is 7. The quantitative estimate of drug-likeness (QED) is 0.463. The highest BCUT2D eigenvalue weighted by Gasteiger charge is 2.46. The maximum Gasteiger partial charge on any atom is 0.419 e. The number of halogens is 3. The van der Waals surface area contributed by atoms with Gasteiger partial charge >= 0.3 is 12.1 Å². The fraction of sp³-hybridized carbons (Fsp3) is 0.286. The number of fused-ring (bicyclic) bond motifs is 1. The predicted octanol–water partition coefficient (Wildman–Crippen LogP) is 5.08. The van der Waals surface area contributed by atoms with E-state index in [9.17, 15) is 22.8 Å². The Kier molecular flexibility index (Phi) is 7.06. The monoisotopic (exact) mass is 497 g/mol.